The third-order valence-corrected chi connectivity index (χ3v) is 2.81. The van der Waals surface area contributed by atoms with Crippen LogP contribution in [0.5, 0.6) is 0 Å². The summed E-state index contributed by atoms with van der Waals surface area (Å²) in [5.74, 6) is 1.67. The molecule has 1 heterocycles. The smallest absolute Gasteiger partial charge is 0.118 e. The van der Waals surface area contributed by atoms with Crippen molar-refractivity contribution in [3.8, 4) is 0 Å². The van der Waals surface area contributed by atoms with Gasteiger partial charge in [0.15, 0.2) is 0 Å². The van der Waals surface area contributed by atoms with Crippen LogP contribution in [0.1, 0.15) is 25.2 Å². The number of furan rings is 1. The Bertz CT molecular complexity index is 334. The third-order valence-electron chi connectivity index (χ3n) is 2.81. The van der Waals surface area contributed by atoms with Crippen LogP contribution in [-0.4, -0.2) is 43.5 Å². The van der Waals surface area contributed by atoms with Crippen molar-refractivity contribution < 1.29 is 4.42 Å². The molecule has 0 aliphatic rings. The molecule has 0 bridgehead atoms. The van der Waals surface area contributed by atoms with Gasteiger partial charge in [0, 0.05) is 31.7 Å². The summed E-state index contributed by atoms with van der Waals surface area (Å²) in [6.07, 6.45) is 1.76. The number of nitrogens with two attached hydrogens (primary N) is 1. The summed E-state index contributed by atoms with van der Waals surface area (Å²) in [6.45, 7) is 9.12. The average Bonchev–Trinajstić information content (AvgIpc) is 2.73. The number of hydrogen-bond donors (Lipinski definition) is 1. The first-order chi connectivity index (χ1) is 8.51. The van der Waals surface area contributed by atoms with Gasteiger partial charge in [-0.05, 0) is 26.1 Å². The van der Waals surface area contributed by atoms with Crippen LogP contribution in [0.25, 0.3) is 0 Å². The molecule has 0 saturated carbocycles. The SMILES string of the molecule is CC(C)CN(CCN(C)C)Cc1cc(CN)co1. The zero-order valence-electron chi connectivity index (χ0n) is 12.1. The molecule has 1 aromatic rings. The van der Waals surface area contributed by atoms with Crippen molar-refractivity contribution in [1.29, 1.82) is 0 Å². The summed E-state index contributed by atoms with van der Waals surface area (Å²) >= 11 is 0. The fourth-order valence-electron chi connectivity index (χ4n) is 1.93. The monoisotopic (exact) mass is 253 g/mol. The second-order valence-corrected chi connectivity index (χ2v) is 5.56. The lowest BCUT2D eigenvalue weighted by Gasteiger charge is -2.24. The lowest BCUT2D eigenvalue weighted by molar-refractivity contribution is 0.198. The van der Waals surface area contributed by atoms with E-state index in [9.17, 15) is 0 Å². The third kappa shape index (κ3) is 5.67. The van der Waals surface area contributed by atoms with Gasteiger partial charge in [0.2, 0.25) is 0 Å². The molecule has 0 radical (unpaired) electrons. The molecule has 0 aliphatic carbocycles. The molecule has 104 valence electrons. The van der Waals surface area contributed by atoms with Crippen LogP contribution in [0.4, 0.5) is 0 Å². The van der Waals surface area contributed by atoms with Crippen molar-refractivity contribution in [2.24, 2.45) is 11.7 Å². The van der Waals surface area contributed by atoms with Crippen LogP contribution in [0.2, 0.25) is 0 Å². The van der Waals surface area contributed by atoms with Crippen LogP contribution in [-0.2, 0) is 13.1 Å². The Morgan fingerprint density at radius 3 is 2.50 bits per heavy atom. The van der Waals surface area contributed by atoms with Crippen LogP contribution in [0, 0.1) is 5.92 Å². The van der Waals surface area contributed by atoms with E-state index in [0.29, 0.717) is 12.5 Å². The van der Waals surface area contributed by atoms with Crippen LogP contribution >= 0.6 is 0 Å². The Morgan fingerprint density at radius 2 is 2.00 bits per heavy atom. The van der Waals surface area contributed by atoms with Gasteiger partial charge in [-0.1, -0.05) is 13.8 Å². The van der Waals surface area contributed by atoms with Crippen molar-refractivity contribution in [1.82, 2.24) is 9.80 Å². The first-order valence-corrected chi connectivity index (χ1v) is 6.64. The van der Waals surface area contributed by atoms with Crippen molar-refractivity contribution in [2.75, 3.05) is 33.7 Å². The van der Waals surface area contributed by atoms with E-state index < -0.39 is 0 Å². The summed E-state index contributed by atoms with van der Waals surface area (Å²) in [5.41, 5.74) is 6.66. The Morgan fingerprint density at radius 1 is 1.28 bits per heavy atom. The van der Waals surface area contributed by atoms with Gasteiger partial charge >= 0.3 is 0 Å². The Kier molecular flexibility index (Phi) is 6.39. The molecule has 1 aromatic heterocycles. The number of rotatable bonds is 8. The minimum absolute atomic E-state index is 0.547. The highest BCUT2D eigenvalue weighted by Gasteiger charge is 2.11. The zero-order chi connectivity index (χ0) is 13.5. The van der Waals surface area contributed by atoms with Crippen molar-refractivity contribution in [2.45, 2.75) is 26.9 Å². The molecule has 1 rings (SSSR count). The molecule has 0 fully saturated rings. The van der Waals surface area contributed by atoms with E-state index in [-0.39, 0.29) is 0 Å². The van der Waals surface area contributed by atoms with Crippen LogP contribution in [0.15, 0.2) is 16.7 Å². The van der Waals surface area contributed by atoms with Gasteiger partial charge < -0.3 is 15.1 Å². The maximum Gasteiger partial charge on any atom is 0.118 e. The quantitative estimate of drug-likeness (QED) is 0.767. The highest BCUT2D eigenvalue weighted by atomic mass is 16.3. The molecule has 0 unspecified atom stereocenters. The summed E-state index contributed by atoms with van der Waals surface area (Å²) in [4.78, 5) is 4.64. The van der Waals surface area contributed by atoms with E-state index in [4.69, 9.17) is 10.2 Å². The number of likely N-dealkylation sites (N-methyl/N-ethyl adjacent to an activating group) is 1. The Hall–Kier alpha value is -0.840. The summed E-state index contributed by atoms with van der Waals surface area (Å²) in [6, 6.07) is 2.06. The topological polar surface area (TPSA) is 45.6 Å². The highest BCUT2D eigenvalue weighted by Crippen LogP contribution is 2.11. The largest absolute Gasteiger partial charge is 0.468 e. The van der Waals surface area contributed by atoms with Crippen molar-refractivity contribution in [3.63, 3.8) is 0 Å². The van der Waals surface area contributed by atoms with Gasteiger partial charge in [-0.15, -0.1) is 0 Å². The maximum atomic E-state index is 5.59. The predicted octanol–water partition coefficient (Wildman–Crippen LogP) is 1.76. The summed E-state index contributed by atoms with van der Waals surface area (Å²) in [7, 11) is 4.21. The zero-order valence-corrected chi connectivity index (χ0v) is 12.1. The van der Waals surface area contributed by atoms with E-state index >= 15 is 0 Å². The van der Waals surface area contributed by atoms with E-state index in [1.165, 1.54) is 0 Å². The van der Waals surface area contributed by atoms with Gasteiger partial charge in [-0.25, -0.2) is 0 Å². The number of nitrogens with zero attached hydrogens (tertiary/aromatic N) is 2. The van der Waals surface area contributed by atoms with Gasteiger partial charge in [-0.2, -0.15) is 0 Å². The van der Waals surface area contributed by atoms with E-state index in [1.807, 2.05) is 0 Å². The average molecular weight is 253 g/mol. The van der Waals surface area contributed by atoms with Crippen LogP contribution in [0.3, 0.4) is 0 Å². The lowest BCUT2D eigenvalue weighted by Crippen LogP contribution is -2.33. The molecule has 4 heteroatoms. The van der Waals surface area contributed by atoms with Gasteiger partial charge in [-0.3, -0.25) is 4.90 Å². The number of hydrogen-bond acceptors (Lipinski definition) is 4. The Labute approximate surface area is 111 Å². The first kappa shape index (κ1) is 15.2. The molecule has 2 N–H and O–H groups in total. The summed E-state index contributed by atoms with van der Waals surface area (Å²) < 4.78 is 5.54. The molecule has 0 amide bonds. The minimum Gasteiger partial charge on any atom is -0.468 e. The van der Waals surface area contributed by atoms with Gasteiger partial charge in [0.25, 0.3) is 0 Å². The summed E-state index contributed by atoms with van der Waals surface area (Å²) in [5, 5.41) is 0. The van der Waals surface area contributed by atoms with E-state index in [1.54, 1.807) is 6.26 Å². The molecule has 18 heavy (non-hydrogen) atoms. The van der Waals surface area contributed by atoms with Gasteiger partial charge in [0.1, 0.15) is 5.76 Å². The molecule has 0 aromatic carbocycles. The molecule has 0 atom stereocenters. The maximum absolute atomic E-state index is 5.59. The minimum atomic E-state index is 0.547. The lowest BCUT2D eigenvalue weighted by atomic mass is 10.2. The predicted molar refractivity (Wildman–Crippen MR) is 75.3 cm³/mol. The molecule has 4 nitrogen and oxygen atoms in total. The second kappa shape index (κ2) is 7.56. The molecular formula is C14H27N3O. The fourth-order valence-corrected chi connectivity index (χ4v) is 1.93. The standard InChI is InChI=1S/C14H27N3O/c1-12(2)9-17(6-5-16(3)4)10-14-7-13(8-15)11-18-14/h7,11-12H,5-6,8-10,15H2,1-4H3. The van der Waals surface area contributed by atoms with Crippen molar-refractivity contribution in [3.05, 3.63) is 23.7 Å². The molecular weight excluding hydrogens is 226 g/mol. The Balaban J connectivity index is 2.53. The highest BCUT2D eigenvalue weighted by molar-refractivity contribution is 5.12. The fraction of sp³-hybridized carbons (Fsp3) is 0.714. The normalized spacial score (nSPS) is 12.0. The molecule has 0 aliphatic heterocycles. The van der Waals surface area contributed by atoms with E-state index in [2.05, 4.69) is 43.8 Å². The molecule has 0 spiro atoms. The second-order valence-electron chi connectivity index (χ2n) is 5.56. The van der Waals surface area contributed by atoms with Crippen molar-refractivity contribution >= 4 is 0 Å². The van der Waals surface area contributed by atoms with Gasteiger partial charge in [0.05, 0.1) is 12.8 Å². The van der Waals surface area contributed by atoms with E-state index in [0.717, 1.165) is 37.5 Å². The molecule has 0 saturated heterocycles. The van der Waals surface area contributed by atoms with Crippen LogP contribution < -0.4 is 5.73 Å². The first-order valence-electron chi connectivity index (χ1n) is 6.64.